The van der Waals surface area contributed by atoms with Crippen LogP contribution in [-0.4, -0.2) is 26.2 Å². The second-order valence-corrected chi connectivity index (χ2v) is 7.92. The standard InChI is InChI=1S/C15H19NO3S2/c1-12(17)10-14(13-6-3-2-4-7-13)11-16-21(18,19)15-8-5-9-20-15/h2-9,12,14,16-17H,10-11H2,1H3. The molecule has 0 aliphatic rings. The van der Waals surface area contributed by atoms with Crippen LogP contribution in [0.4, 0.5) is 0 Å². The number of thiophene rings is 1. The van der Waals surface area contributed by atoms with Crippen molar-refractivity contribution in [2.45, 2.75) is 29.6 Å². The zero-order chi connectivity index (χ0) is 15.3. The minimum absolute atomic E-state index is 0.0547. The van der Waals surface area contributed by atoms with Gasteiger partial charge in [-0.3, -0.25) is 0 Å². The fourth-order valence-electron chi connectivity index (χ4n) is 2.17. The Morgan fingerprint density at radius 1 is 1.19 bits per heavy atom. The molecule has 21 heavy (non-hydrogen) atoms. The molecule has 0 spiro atoms. The molecule has 0 aliphatic carbocycles. The maximum Gasteiger partial charge on any atom is 0.250 e. The van der Waals surface area contributed by atoms with Gasteiger partial charge in [0.05, 0.1) is 6.10 Å². The van der Waals surface area contributed by atoms with E-state index in [1.54, 1.807) is 24.4 Å². The first-order valence-corrected chi connectivity index (χ1v) is 9.11. The van der Waals surface area contributed by atoms with E-state index in [1.165, 1.54) is 11.3 Å². The van der Waals surface area contributed by atoms with Gasteiger partial charge in [0.2, 0.25) is 10.0 Å². The van der Waals surface area contributed by atoms with Crippen molar-refractivity contribution >= 4 is 21.4 Å². The van der Waals surface area contributed by atoms with E-state index in [0.717, 1.165) is 5.56 Å². The van der Waals surface area contributed by atoms with Crippen LogP contribution in [0.25, 0.3) is 0 Å². The van der Waals surface area contributed by atoms with Gasteiger partial charge in [0.25, 0.3) is 0 Å². The third-order valence-corrected chi connectivity index (χ3v) is 6.00. The Morgan fingerprint density at radius 2 is 1.90 bits per heavy atom. The lowest BCUT2D eigenvalue weighted by atomic mass is 9.94. The number of nitrogens with one attached hydrogen (secondary N) is 1. The molecule has 0 fully saturated rings. The summed E-state index contributed by atoms with van der Waals surface area (Å²) in [5, 5.41) is 11.4. The van der Waals surface area contributed by atoms with Crippen molar-refractivity contribution in [2.75, 3.05) is 6.54 Å². The summed E-state index contributed by atoms with van der Waals surface area (Å²) in [6, 6.07) is 12.9. The van der Waals surface area contributed by atoms with Gasteiger partial charge in [0.1, 0.15) is 4.21 Å². The summed E-state index contributed by atoms with van der Waals surface area (Å²) in [5.41, 5.74) is 1.02. The highest BCUT2D eigenvalue weighted by atomic mass is 32.2. The minimum Gasteiger partial charge on any atom is -0.393 e. The summed E-state index contributed by atoms with van der Waals surface area (Å²) in [7, 11) is -3.47. The second-order valence-electron chi connectivity index (χ2n) is 4.98. The van der Waals surface area contributed by atoms with Crippen LogP contribution in [0.1, 0.15) is 24.8 Å². The number of rotatable bonds is 7. The van der Waals surface area contributed by atoms with Crippen molar-refractivity contribution in [1.82, 2.24) is 4.72 Å². The van der Waals surface area contributed by atoms with E-state index in [4.69, 9.17) is 0 Å². The van der Waals surface area contributed by atoms with Crippen molar-refractivity contribution in [3.05, 3.63) is 53.4 Å². The maximum absolute atomic E-state index is 12.2. The number of hydrogen-bond donors (Lipinski definition) is 2. The number of sulfonamides is 1. The van der Waals surface area contributed by atoms with E-state index in [9.17, 15) is 13.5 Å². The van der Waals surface area contributed by atoms with Gasteiger partial charge in [-0.05, 0) is 36.3 Å². The highest BCUT2D eigenvalue weighted by Gasteiger charge is 2.20. The number of benzene rings is 1. The first kappa shape index (κ1) is 16.2. The summed E-state index contributed by atoms with van der Waals surface area (Å²) < 4.78 is 27.3. The smallest absolute Gasteiger partial charge is 0.250 e. The second kappa shape index (κ2) is 7.17. The van der Waals surface area contributed by atoms with E-state index in [0.29, 0.717) is 10.6 Å². The quantitative estimate of drug-likeness (QED) is 0.822. The fraction of sp³-hybridized carbons (Fsp3) is 0.333. The normalized spacial score (nSPS) is 14.8. The summed E-state index contributed by atoms with van der Waals surface area (Å²) in [5.74, 6) is -0.0547. The molecule has 0 saturated heterocycles. The lowest BCUT2D eigenvalue weighted by Gasteiger charge is -2.19. The highest BCUT2D eigenvalue weighted by molar-refractivity contribution is 7.91. The molecule has 2 N–H and O–H groups in total. The highest BCUT2D eigenvalue weighted by Crippen LogP contribution is 2.22. The van der Waals surface area contributed by atoms with E-state index in [2.05, 4.69) is 4.72 Å². The van der Waals surface area contributed by atoms with Gasteiger partial charge in [0, 0.05) is 6.54 Å². The van der Waals surface area contributed by atoms with Crippen molar-refractivity contribution < 1.29 is 13.5 Å². The maximum atomic E-state index is 12.2. The summed E-state index contributed by atoms with van der Waals surface area (Å²) >= 11 is 1.19. The molecule has 114 valence electrons. The average molecular weight is 325 g/mol. The van der Waals surface area contributed by atoms with Gasteiger partial charge < -0.3 is 5.11 Å². The van der Waals surface area contributed by atoms with Crippen LogP contribution in [0, 0.1) is 0 Å². The fourth-order valence-corrected chi connectivity index (χ4v) is 4.29. The van der Waals surface area contributed by atoms with Crippen molar-refractivity contribution in [3.63, 3.8) is 0 Å². The van der Waals surface area contributed by atoms with Crippen LogP contribution in [-0.2, 0) is 10.0 Å². The van der Waals surface area contributed by atoms with Crippen molar-refractivity contribution in [2.24, 2.45) is 0 Å². The molecule has 4 nitrogen and oxygen atoms in total. The first-order chi connectivity index (χ1) is 9.99. The monoisotopic (exact) mass is 325 g/mol. The number of hydrogen-bond acceptors (Lipinski definition) is 4. The lowest BCUT2D eigenvalue weighted by Crippen LogP contribution is -2.29. The lowest BCUT2D eigenvalue weighted by molar-refractivity contribution is 0.174. The van der Waals surface area contributed by atoms with Gasteiger partial charge in [-0.2, -0.15) is 0 Å². The van der Waals surface area contributed by atoms with Gasteiger partial charge >= 0.3 is 0 Å². The van der Waals surface area contributed by atoms with E-state index in [1.807, 2.05) is 30.3 Å². The summed E-state index contributed by atoms with van der Waals surface area (Å²) in [6.07, 6.45) is 0.0261. The Morgan fingerprint density at radius 3 is 2.48 bits per heavy atom. The molecule has 1 aromatic heterocycles. The molecule has 0 aliphatic heterocycles. The molecule has 2 aromatic rings. The Balaban J connectivity index is 2.10. The van der Waals surface area contributed by atoms with Crippen molar-refractivity contribution in [1.29, 1.82) is 0 Å². The summed E-state index contributed by atoms with van der Waals surface area (Å²) in [4.78, 5) is 0. The number of aliphatic hydroxyl groups excluding tert-OH is 1. The Labute approximate surface area is 129 Å². The van der Waals surface area contributed by atoms with E-state index >= 15 is 0 Å². The SMILES string of the molecule is CC(O)CC(CNS(=O)(=O)c1cccs1)c1ccccc1. The molecule has 2 rings (SSSR count). The topological polar surface area (TPSA) is 66.4 Å². The van der Waals surface area contributed by atoms with Crippen LogP contribution in [0.5, 0.6) is 0 Å². The van der Waals surface area contributed by atoms with E-state index < -0.39 is 16.1 Å². The molecule has 1 aromatic carbocycles. The Kier molecular flexibility index (Phi) is 5.52. The molecule has 6 heteroatoms. The van der Waals surface area contributed by atoms with Gasteiger partial charge in [-0.15, -0.1) is 11.3 Å². The van der Waals surface area contributed by atoms with E-state index in [-0.39, 0.29) is 12.5 Å². The molecule has 2 unspecified atom stereocenters. The zero-order valence-electron chi connectivity index (χ0n) is 11.8. The Bertz CT molecular complexity index is 637. The number of aliphatic hydroxyl groups is 1. The zero-order valence-corrected chi connectivity index (χ0v) is 13.4. The van der Waals surface area contributed by atoms with Gasteiger partial charge in [-0.1, -0.05) is 36.4 Å². The first-order valence-electron chi connectivity index (χ1n) is 6.75. The predicted octanol–water partition coefficient (Wildman–Crippen LogP) is 2.58. The molecule has 1 heterocycles. The average Bonchev–Trinajstić information content (AvgIpc) is 2.99. The predicted molar refractivity (Wildman–Crippen MR) is 85.0 cm³/mol. The van der Waals surface area contributed by atoms with Crippen LogP contribution >= 0.6 is 11.3 Å². The molecule has 0 bridgehead atoms. The molecular weight excluding hydrogens is 306 g/mol. The molecular formula is C15H19NO3S2. The Hall–Kier alpha value is -1.21. The minimum atomic E-state index is -3.47. The molecule has 0 radical (unpaired) electrons. The van der Waals surface area contributed by atoms with Gasteiger partial charge in [-0.25, -0.2) is 13.1 Å². The third-order valence-electron chi connectivity index (χ3n) is 3.18. The van der Waals surface area contributed by atoms with Gasteiger partial charge in [0.15, 0.2) is 0 Å². The van der Waals surface area contributed by atoms with Crippen LogP contribution in [0.2, 0.25) is 0 Å². The molecule has 0 amide bonds. The van der Waals surface area contributed by atoms with Crippen LogP contribution in [0.3, 0.4) is 0 Å². The third kappa shape index (κ3) is 4.64. The largest absolute Gasteiger partial charge is 0.393 e. The summed E-state index contributed by atoms with van der Waals surface area (Å²) in [6.45, 7) is 1.98. The van der Waals surface area contributed by atoms with Crippen LogP contribution in [0.15, 0.2) is 52.1 Å². The van der Waals surface area contributed by atoms with Crippen molar-refractivity contribution in [3.8, 4) is 0 Å². The molecule has 2 atom stereocenters. The van der Waals surface area contributed by atoms with Crippen LogP contribution < -0.4 is 4.72 Å². The molecule has 0 saturated carbocycles.